The predicted octanol–water partition coefficient (Wildman–Crippen LogP) is 7.71. The minimum absolute atomic E-state index is 0.308. The van der Waals surface area contributed by atoms with E-state index in [4.69, 9.17) is 0 Å². The van der Waals surface area contributed by atoms with Gasteiger partial charge in [-0.05, 0) is 72.9 Å². The molecule has 2 heterocycles. The van der Waals surface area contributed by atoms with Crippen molar-refractivity contribution < 1.29 is 22.7 Å². The smallest absolute Gasteiger partial charge is 0.406 e. The summed E-state index contributed by atoms with van der Waals surface area (Å²) in [4.78, 5) is 21.9. The fourth-order valence-electron chi connectivity index (χ4n) is 4.77. The van der Waals surface area contributed by atoms with E-state index in [-0.39, 0.29) is 5.75 Å². The highest BCUT2D eigenvalue weighted by Gasteiger charge is 2.31. The number of nitrogens with zero attached hydrogens (tertiary/aromatic N) is 5. The zero-order valence-corrected chi connectivity index (χ0v) is 25.1. The molecule has 0 radical (unpaired) electrons. The Kier molecular flexibility index (Phi) is 8.81. The van der Waals surface area contributed by atoms with Gasteiger partial charge in [0.1, 0.15) is 12.1 Å². The van der Waals surface area contributed by atoms with E-state index in [9.17, 15) is 18.0 Å². The van der Waals surface area contributed by atoms with Gasteiger partial charge >= 0.3 is 12.4 Å². The maximum atomic E-state index is 12.7. The minimum atomic E-state index is -4.75. The number of carbonyl (C=O) groups is 1. The van der Waals surface area contributed by atoms with E-state index in [1.807, 2.05) is 47.2 Å². The standard InChI is InChI=1S/C32H29F3N6O2S/c1-20(2)28-21(3)6-5-7-27(28)41-22(4)18-44-31(41)38-30(42)36-17-16-23-8-10-24(11-9-23)29-37-19-40(39-29)25-12-14-26(15-13-25)43-32(33,34)35/h5-20H,1-4H3,(H,36,42)/b17-16+,38-31?. The molecule has 0 aliphatic heterocycles. The molecule has 0 fully saturated rings. The number of aromatic nitrogens is 4. The lowest BCUT2D eigenvalue weighted by Gasteiger charge is -2.17. The number of amides is 2. The van der Waals surface area contributed by atoms with Gasteiger partial charge in [-0.1, -0.05) is 50.2 Å². The van der Waals surface area contributed by atoms with Gasteiger partial charge in [0.15, 0.2) is 10.6 Å². The van der Waals surface area contributed by atoms with Gasteiger partial charge in [-0.2, -0.15) is 4.99 Å². The summed E-state index contributed by atoms with van der Waals surface area (Å²) in [5.74, 6) is 0.433. The van der Waals surface area contributed by atoms with Crippen LogP contribution in [0, 0.1) is 13.8 Å². The Hall–Kier alpha value is -4.97. The van der Waals surface area contributed by atoms with Gasteiger partial charge in [0.05, 0.1) is 11.4 Å². The van der Waals surface area contributed by atoms with Gasteiger partial charge in [0.2, 0.25) is 0 Å². The topological polar surface area (TPSA) is 86.3 Å². The summed E-state index contributed by atoms with van der Waals surface area (Å²) in [5, 5.41) is 9.11. The highest BCUT2D eigenvalue weighted by molar-refractivity contribution is 7.07. The second-order valence-corrected chi connectivity index (χ2v) is 11.1. The number of thiazole rings is 1. The second kappa shape index (κ2) is 12.7. The molecular weight excluding hydrogens is 589 g/mol. The SMILES string of the molecule is Cc1cccc(-n2c(C)csc2=NC(=O)N/C=C/c2ccc(-c3ncn(-c4ccc(OC(F)(F)F)cc4)n3)cc2)c1C(C)C. The average molecular weight is 619 g/mol. The lowest BCUT2D eigenvalue weighted by atomic mass is 9.96. The molecule has 5 aromatic rings. The molecule has 44 heavy (non-hydrogen) atoms. The number of ether oxygens (including phenoxy) is 1. The molecule has 8 nitrogen and oxygen atoms in total. The summed E-state index contributed by atoms with van der Waals surface area (Å²) >= 11 is 1.41. The van der Waals surface area contributed by atoms with Crippen LogP contribution >= 0.6 is 11.3 Å². The van der Waals surface area contributed by atoms with E-state index in [2.05, 4.69) is 58.0 Å². The molecule has 2 amide bonds. The van der Waals surface area contributed by atoms with E-state index in [0.717, 1.165) is 22.5 Å². The fourth-order valence-corrected chi connectivity index (χ4v) is 5.63. The van der Waals surface area contributed by atoms with Crippen molar-refractivity contribution in [3.05, 3.63) is 112 Å². The molecule has 0 saturated carbocycles. The minimum Gasteiger partial charge on any atom is -0.406 e. The van der Waals surface area contributed by atoms with E-state index in [1.165, 1.54) is 63.9 Å². The van der Waals surface area contributed by atoms with E-state index < -0.39 is 12.4 Å². The molecule has 0 spiro atoms. The number of alkyl halides is 3. The highest BCUT2D eigenvalue weighted by atomic mass is 32.1. The van der Waals surface area contributed by atoms with Crippen molar-refractivity contribution in [2.24, 2.45) is 4.99 Å². The Labute approximate surface area is 255 Å². The third kappa shape index (κ3) is 7.14. The maximum Gasteiger partial charge on any atom is 0.573 e. The molecule has 0 aliphatic carbocycles. The van der Waals surface area contributed by atoms with E-state index in [1.54, 1.807) is 6.08 Å². The number of nitrogens with one attached hydrogen (secondary N) is 1. The largest absolute Gasteiger partial charge is 0.573 e. The van der Waals surface area contributed by atoms with Crippen LogP contribution in [0.25, 0.3) is 28.8 Å². The third-order valence-corrected chi connectivity index (χ3v) is 7.62. The lowest BCUT2D eigenvalue weighted by molar-refractivity contribution is -0.274. The molecule has 0 atom stereocenters. The Balaban J connectivity index is 1.25. The van der Waals surface area contributed by atoms with Crippen LogP contribution < -0.4 is 14.9 Å². The molecule has 5 rings (SSSR count). The number of aryl methyl sites for hydroxylation is 2. The summed E-state index contributed by atoms with van der Waals surface area (Å²) in [5.41, 5.74) is 6.53. The Bertz CT molecular complexity index is 1870. The Morgan fingerprint density at radius 1 is 1.05 bits per heavy atom. The van der Waals surface area contributed by atoms with Crippen molar-refractivity contribution in [3.63, 3.8) is 0 Å². The highest BCUT2D eigenvalue weighted by Crippen LogP contribution is 2.27. The monoisotopic (exact) mass is 618 g/mol. The first-order valence-corrected chi connectivity index (χ1v) is 14.5. The van der Waals surface area contributed by atoms with Crippen LogP contribution in [0.3, 0.4) is 0 Å². The maximum absolute atomic E-state index is 12.7. The van der Waals surface area contributed by atoms with Crippen LogP contribution in [-0.2, 0) is 0 Å². The number of carbonyl (C=O) groups excluding carboxylic acids is 1. The molecule has 226 valence electrons. The first-order chi connectivity index (χ1) is 21.0. The third-order valence-electron chi connectivity index (χ3n) is 6.67. The summed E-state index contributed by atoms with van der Waals surface area (Å²) in [7, 11) is 0. The van der Waals surface area contributed by atoms with Gasteiger partial charge in [0.25, 0.3) is 0 Å². The van der Waals surface area contributed by atoms with Crippen molar-refractivity contribution in [1.82, 2.24) is 24.6 Å². The summed E-state index contributed by atoms with van der Waals surface area (Å²) in [6, 6.07) is 18.4. The average Bonchev–Trinajstić information content (AvgIpc) is 3.60. The summed E-state index contributed by atoms with van der Waals surface area (Å²) in [6.45, 7) is 8.40. The fraction of sp³-hybridized carbons (Fsp3) is 0.188. The van der Waals surface area contributed by atoms with Crippen molar-refractivity contribution >= 4 is 23.4 Å². The second-order valence-electron chi connectivity index (χ2n) is 10.2. The number of benzene rings is 3. The number of urea groups is 1. The number of rotatable bonds is 7. The molecule has 0 saturated heterocycles. The molecule has 1 N–H and O–H groups in total. The molecule has 2 aromatic heterocycles. The molecular formula is C32H29F3N6O2S. The molecule has 0 bridgehead atoms. The number of hydrogen-bond donors (Lipinski definition) is 1. The molecule has 3 aromatic carbocycles. The Morgan fingerprint density at radius 2 is 1.77 bits per heavy atom. The van der Waals surface area contributed by atoms with Gasteiger partial charge < -0.3 is 10.1 Å². The molecule has 0 aliphatic rings. The predicted molar refractivity (Wildman–Crippen MR) is 164 cm³/mol. The lowest BCUT2D eigenvalue weighted by Crippen LogP contribution is -2.22. The van der Waals surface area contributed by atoms with E-state index >= 15 is 0 Å². The number of hydrogen-bond acceptors (Lipinski definition) is 5. The van der Waals surface area contributed by atoms with Crippen molar-refractivity contribution in [2.45, 2.75) is 40.0 Å². The van der Waals surface area contributed by atoms with Crippen LogP contribution in [0.4, 0.5) is 18.0 Å². The number of halogens is 3. The van der Waals surface area contributed by atoms with E-state index in [0.29, 0.717) is 22.2 Å². The van der Waals surface area contributed by atoms with Gasteiger partial charge in [0, 0.05) is 22.8 Å². The zero-order valence-electron chi connectivity index (χ0n) is 24.3. The van der Waals surface area contributed by atoms with Crippen LogP contribution in [0.5, 0.6) is 5.75 Å². The first kappa shape index (κ1) is 30.5. The first-order valence-electron chi connectivity index (χ1n) is 13.7. The van der Waals surface area contributed by atoms with Crippen LogP contribution in [0.2, 0.25) is 0 Å². The quantitative estimate of drug-likeness (QED) is 0.203. The van der Waals surface area contributed by atoms with Crippen molar-refractivity contribution in [1.29, 1.82) is 0 Å². The molecule has 0 unspecified atom stereocenters. The van der Waals surface area contributed by atoms with Crippen LogP contribution in [0.1, 0.15) is 42.1 Å². The molecule has 12 heteroatoms. The zero-order chi connectivity index (χ0) is 31.4. The Morgan fingerprint density at radius 3 is 2.45 bits per heavy atom. The summed E-state index contributed by atoms with van der Waals surface area (Å²) in [6.07, 6.45) is 0.00960. The van der Waals surface area contributed by atoms with Gasteiger partial charge in [-0.3, -0.25) is 4.57 Å². The van der Waals surface area contributed by atoms with Gasteiger partial charge in [-0.15, -0.1) is 29.6 Å². The van der Waals surface area contributed by atoms with Crippen molar-refractivity contribution in [3.8, 4) is 28.5 Å². The van der Waals surface area contributed by atoms with Crippen LogP contribution in [-0.4, -0.2) is 31.7 Å². The summed E-state index contributed by atoms with van der Waals surface area (Å²) < 4.78 is 44.6. The van der Waals surface area contributed by atoms with Crippen LogP contribution in [0.15, 0.2) is 89.6 Å². The normalized spacial score (nSPS) is 12.3. The van der Waals surface area contributed by atoms with Crippen molar-refractivity contribution in [2.75, 3.05) is 0 Å². The van der Waals surface area contributed by atoms with Gasteiger partial charge in [-0.25, -0.2) is 14.5 Å².